The zero-order valence-electron chi connectivity index (χ0n) is 25.0. The van der Waals surface area contributed by atoms with Gasteiger partial charge in [-0.15, -0.1) is 0 Å². The molecule has 0 aliphatic heterocycles. The summed E-state index contributed by atoms with van der Waals surface area (Å²) in [7, 11) is 5.11. The van der Waals surface area contributed by atoms with Crippen LogP contribution in [0, 0.1) is 0 Å². The van der Waals surface area contributed by atoms with Gasteiger partial charge in [0.15, 0.2) is 0 Å². The van der Waals surface area contributed by atoms with Crippen molar-refractivity contribution in [2.75, 3.05) is 21.3 Å². The predicted octanol–water partition coefficient (Wildman–Crippen LogP) is 10.4. The Labute approximate surface area is 263 Å². The SMILES string of the molecule is COc1ccc(Sc2ccc(-c3cc4c(c(-c5ccc(OC)cc5)c3-c3ccc(OC)cc3)Cc3ccccc3-4)cc2)cc1. The minimum absolute atomic E-state index is 0.842. The van der Waals surface area contributed by atoms with Gasteiger partial charge in [-0.2, -0.15) is 0 Å². The predicted molar refractivity (Wildman–Crippen MR) is 181 cm³/mol. The number of hydrogen-bond acceptors (Lipinski definition) is 4. The fourth-order valence-corrected chi connectivity index (χ4v) is 6.94. The van der Waals surface area contributed by atoms with E-state index in [2.05, 4.69) is 103 Å². The average Bonchev–Trinajstić information content (AvgIpc) is 3.46. The summed E-state index contributed by atoms with van der Waals surface area (Å²) in [4.78, 5) is 2.36. The summed E-state index contributed by atoms with van der Waals surface area (Å²) in [6.45, 7) is 0. The first-order chi connectivity index (χ1) is 21.6. The highest BCUT2D eigenvalue weighted by molar-refractivity contribution is 7.99. The molecule has 0 N–H and O–H groups in total. The number of benzene rings is 6. The van der Waals surface area contributed by atoms with E-state index in [0.29, 0.717) is 0 Å². The summed E-state index contributed by atoms with van der Waals surface area (Å²) < 4.78 is 16.4. The highest BCUT2D eigenvalue weighted by atomic mass is 32.2. The summed E-state index contributed by atoms with van der Waals surface area (Å²) in [5, 5.41) is 0. The third kappa shape index (κ3) is 5.23. The van der Waals surface area contributed by atoms with Gasteiger partial charge in [0, 0.05) is 9.79 Å². The second-order valence-corrected chi connectivity index (χ2v) is 11.9. The van der Waals surface area contributed by atoms with E-state index >= 15 is 0 Å². The molecule has 6 aromatic carbocycles. The quantitative estimate of drug-likeness (QED) is 0.175. The number of fused-ring (bicyclic) bond motifs is 3. The molecule has 0 heterocycles. The van der Waals surface area contributed by atoms with Gasteiger partial charge in [-0.1, -0.05) is 72.4 Å². The second kappa shape index (κ2) is 12.0. The van der Waals surface area contributed by atoms with Crippen molar-refractivity contribution in [2.24, 2.45) is 0 Å². The fourth-order valence-electron chi connectivity index (χ4n) is 6.12. The number of rotatable bonds is 8. The molecule has 3 nitrogen and oxygen atoms in total. The van der Waals surface area contributed by atoms with Gasteiger partial charge in [-0.25, -0.2) is 0 Å². The van der Waals surface area contributed by atoms with E-state index < -0.39 is 0 Å². The molecule has 0 spiro atoms. The zero-order valence-corrected chi connectivity index (χ0v) is 25.8. The third-order valence-electron chi connectivity index (χ3n) is 8.33. The molecule has 0 atom stereocenters. The highest BCUT2D eigenvalue weighted by Crippen LogP contribution is 2.50. The molecule has 0 saturated carbocycles. The van der Waals surface area contributed by atoms with Crippen molar-refractivity contribution in [2.45, 2.75) is 16.2 Å². The molecule has 1 aliphatic rings. The van der Waals surface area contributed by atoms with Gasteiger partial charge in [0.25, 0.3) is 0 Å². The van der Waals surface area contributed by atoms with Crippen molar-refractivity contribution in [3.63, 3.8) is 0 Å². The average molecular weight is 593 g/mol. The molecule has 7 rings (SSSR count). The van der Waals surface area contributed by atoms with Gasteiger partial charge < -0.3 is 14.2 Å². The summed E-state index contributed by atoms with van der Waals surface area (Å²) in [5.41, 5.74) is 12.5. The minimum Gasteiger partial charge on any atom is -0.497 e. The van der Waals surface area contributed by atoms with Gasteiger partial charge in [0.1, 0.15) is 17.2 Å². The van der Waals surface area contributed by atoms with Crippen LogP contribution in [-0.2, 0) is 6.42 Å². The molecule has 44 heavy (non-hydrogen) atoms. The van der Waals surface area contributed by atoms with Crippen LogP contribution in [0.4, 0.5) is 0 Å². The van der Waals surface area contributed by atoms with Crippen LogP contribution in [0.25, 0.3) is 44.5 Å². The second-order valence-electron chi connectivity index (χ2n) is 10.8. The monoisotopic (exact) mass is 592 g/mol. The Morgan fingerprint density at radius 1 is 0.455 bits per heavy atom. The molecule has 1 aliphatic carbocycles. The van der Waals surface area contributed by atoms with Crippen LogP contribution in [-0.4, -0.2) is 21.3 Å². The Bertz CT molecular complexity index is 1930. The Hall–Kier alpha value is -4.93. The van der Waals surface area contributed by atoms with Crippen molar-refractivity contribution in [1.82, 2.24) is 0 Å². The van der Waals surface area contributed by atoms with Crippen molar-refractivity contribution >= 4 is 11.8 Å². The third-order valence-corrected chi connectivity index (χ3v) is 9.34. The maximum atomic E-state index is 5.53. The lowest BCUT2D eigenvalue weighted by molar-refractivity contribution is 0.414. The van der Waals surface area contributed by atoms with E-state index in [-0.39, 0.29) is 0 Å². The Balaban J connectivity index is 1.42. The van der Waals surface area contributed by atoms with E-state index in [0.717, 1.165) is 29.2 Å². The van der Waals surface area contributed by atoms with Crippen LogP contribution in [0.2, 0.25) is 0 Å². The smallest absolute Gasteiger partial charge is 0.118 e. The zero-order chi connectivity index (χ0) is 30.0. The van der Waals surface area contributed by atoms with E-state index in [4.69, 9.17) is 14.2 Å². The minimum atomic E-state index is 0.842. The molecule has 0 bridgehead atoms. The largest absolute Gasteiger partial charge is 0.497 e. The summed E-state index contributed by atoms with van der Waals surface area (Å²) in [5.74, 6) is 2.55. The first-order valence-electron chi connectivity index (χ1n) is 14.6. The topological polar surface area (TPSA) is 27.7 Å². The normalized spacial score (nSPS) is 11.5. The maximum absolute atomic E-state index is 5.53. The van der Waals surface area contributed by atoms with E-state index in [1.54, 1.807) is 33.1 Å². The standard InChI is InChI=1S/C40H32O3S/c1-41-30-14-8-27(9-15-30)39-36(26-12-20-33(21-13-26)44-34-22-18-32(43-3)19-23-34)25-37-35-7-5-4-6-29(35)24-38(37)40(39)28-10-16-31(42-2)17-11-28/h4-23,25H,24H2,1-3H3. The molecular weight excluding hydrogens is 561 g/mol. The van der Waals surface area contributed by atoms with Crippen molar-refractivity contribution in [3.05, 3.63) is 139 Å². The molecule has 4 heteroatoms. The molecule has 0 saturated heterocycles. The van der Waals surface area contributed by atoms with Gasteiger partial charge in [0.05, 0.1) is 21.3 Å². The van der Waals surface area contributed by atoms with E-state index in [9.17, 15) is 0 Å². The molecular formula is C40H32O3S. The summed E-state index contributed by atoms with van der Waals surface area (Å²) in [6.07, 6.45) is 0.897. The lowest BCUT2D eigenvalue weighted by Crippen LogP contribution is -1.97. The lowest BCUT2D eigenvalue weighted by atomic mass is 9.82. The highest BCUT2D eigenvalue weighted by Gasteiger charge is 2.27. The van der Waals surface area contributed by atoms with Gasteiger partial charge >= 0.3 is 0 Å². The Morgan fingerprint density at radius 2 is 0.932 bits per heavy atom. The molecule has 0 amide bonds. The molecule has 0 fully saturated rings. The number of ether oxygens (including phenoxy) is 3. The van der Waals surface area contributed by atoms with Crippen LogP contribution in [0.1, 0.15) is 11.1 Å². The fraction of sp³-hybridized carbons (Fsp3) is 0.100. The Kier molecular flexibility index (Phi) is 7.59. The van der Waals surface area contributed by atoms with Crippen LogP contribution >= 0.6 is 11.8 Å². The van der Waals surface area contributed by atoms with Gasteiger partial charge in [-0.05, 0) is 129 Å². The van der Waals surface area contributed by atoms with Crippen LogP contribution in [0.15, 0.2) is 137 Å². The number of methoxy groups -OCH3 is 3. The molecule has 0 radical (unpaired) electrons. The van der Waals surface area contributed by atoms with Crippen LogP contribution < -0.4 is 14.2 Å². The van der Waals surface area contributed by atoms with Crippen molar-refractivity contribution in [1.29, 1.82) is 0 Å². The van der Waals surface area contributed by atoms with Crippen molar-refractivity contribution < 1.29 is 14.2 Å². The van der Waals surface area contributed by atoms with E-state index in [1.807, 2.05) is 24.3 Å². The summed E-state index contributed by atoms with van der Waals surface area (Å²) >= 11 is 1.75. The number of hydrogen-bond donors (Lipinski definition) is 0. The van der Waals surface area contributed by atoms with Crippen LogP contribution in [0.3, 0.4) is 0 Å². The van der Waals surface area contributed by atoms with Crippen molar-refractivity contribution in [3.8, 4) is 61.8 Å². The molecule has 0 aromatic heterocycles. The molecule has 0 unspecified atom stereocenters. The Morgan fingerprint density at radius 3 is 1.50 bits per heavy atom. The van der Waals surface area contributed by atoms with E-state index in [1.165, 1.54) is 59.9 Å². The van der Waals surface area contributed by atoms with Gasteiger partial charge in [0.2, 0.25) is 0 Å². The van der Waals surface area contributed by atoms with Crippen LogP contribution in [0.5, 0.6) is 17.2 Å². The molecule has 216 valence electrons. The first kappa shape index (κ1) is 27.9. The maximum Gasteiger partial charge on any atom is 0.118 e. The summed E-state index contributed by atoms with van der Waals surface area (Å²) in [6, 6.07) is 45.2. The van der Waals surface area contributed by atoms with Gasteiger partial charge in [-0.3, -0.25) is 0 Å². The first-order valence-corrected chi connectivity index (χ1v) is 15.5. The molecule has 6 aromatic rings. The lowest BCUT2D eigenvalue weighted by Gasteiger charge is -2.21.